The van der Waals surface area contributed by atoms with Crippen LogP contribution < -0.4 is 10.6 Å². The highest BCUT2D eigenvalue weighted by atomic mass is 35.5. The lowest BCUT2D eigenvalue weighted by atomic mass is 9.87. The molecule has 2 aliphatic rings. The summed E-state index contributed by atoms with van der Waals surface area (Å²) in [5.41, 5.74) is 3.67. The number of hydrogen-bond donors (Lipinski definition) is 2. The molecule has 4 aromatic rings. The van der Waals surface area contributed by atoms with E-state index in [2.05, 4.69) is 20.7 Å². The van der Waals surface area contributed by atoms with E-state index in [-0.39, 0.29) is 23.3 Å². The standard InChI is InChI=1S/C27H22ClF2N5O2/c28-21-6-5-18(30)11-19(21)25-24-20(27(37)34-25)9-16(15-4-7-23-31-13-32-35(23)12-15)10-22(24)33-26(36)14-2-1-3-17(29)8-14/h4-7,9-14,17,25H,1-3,8H2,(H,33,36)(H,34,37). The van der Waals surface area contributed by atoms with Gasteiger partial charge in [0.05, 0.1) is 6.04 Å². The van der Waals surface area contributed by atoms with Crippen LogP contribution in [0.25, 0.3) is 16.8 Å². The molecule has 2 N–H and O–H groups in total. The van der Waals surface area contributed by atoms with E-state index in [0.717, 1.165) is 5.56 Å². The Morgan fingerprint density at radius 3 is 2.84 bits per heavy atom. The summed E-state index contributed by atoms with van der Waals surface area (Å²) in [6, 6.07) is 10.3. The number of hydrogen-bond acceptors (Lipinski definition) is 4. The first-order chi connectivity index (χ1) is 17.9. The Balaban J connectivity index is 1.48. The van der Waals surface area contributed by atoms with Gasteiger partial charge in [0.1, 0.15) is 18.3 Å². The third-order valence-corrected chi connectivity index (χ3v) is 7.45. The third kappa shape index (κ3) is 4.33. The normalized spacial score (nSPS) is 21.1. The van der Waals surface area contributed by atoms with Crippen LogP contribution in [-0.2, 0) is 4.79 Å². The van der Waals surface area contributed by atoms with Crippen LogP contribution in [0.1, 0.15) is 53.2 Å². The minimum Gasteiger partial charge on any atom is -0.341 e. The number of carbonyl (C=O) groups is 2. The average molecular weight is 522 g/mol. The molecule has 0 radical (unpaired) electrons. The van der Waals surface area contributed by atoms with Crippen molar-refractivity contribution >= 4 is 34.7 Å². The highest BCUT2D eigenvalue weighted by molar-refractivity contribution is 6.31. The lowest BCUT2D eigenvalue weighted by Crippen LogP contribution is -2.29. The quantitative estimate of drug-likeness (QED) is 0.372. The summed E-state index contributed by atoms with van der Waals surface area (Å²) in [7, 11) is 0. The number of fused-ring (bicyclic) bond motifs is 2. The number of pyridine rings is 1. The van der Waals surface area contributed by atoms with E-state index in [9.17, 15) is 18.4 Å². The van der Waals surface area contributed by atoms with Gasteiger partial charge in [-0.25, -0.2) is 18.3 Å². The SMILES string of the molecule is O=C1NC(c2cc(F)ccc2Cl)c2c(NC(=O)C3CCCC(F)C3)cc(-c3ccc4ncnn4c3)cc21. The summed E-state index contributed by atoms with van der Waals surface area (Å²) in [5.74, 6) is -1.66. The zero-order chi connectivity index (χ0) is 25.7. The Morgan fingerprint density at radius 2 is 2.00 bits per heavy atom. The van der Waals surface area contributed by atoms with Gasteiger partial charge >= 0.3 is 0 Å². The van der Waals surface area contributed by atoms with Gasteiger partial charge in [0.15, 0.2) is 5.65 Å². The fourth-order valence-corrected chi connectivity index (χ4v) is 5.49. The Hall–Kier alpha value is -3.85. The fraction of sp³-hybridized carbons (Fsp3) is 0.259. The molecule has 1 aliphatic carbocycles. The Labute approximate surface area is 215 Å². The van der Waals surface area contributed by atoms with Gasteiger partial charge in [-0.3, -0.25) is 9.59 Å². The zero-order valence-electron chi connectivity index (χ0n) is 19.5. The van der Waals surface area contributed by atoms with Crippen molar-refractivity contribution in [3.05, 3.63) is 82.5 Å². The predicted molar refractivity (Wildman–Crippen MR) is 135 cm³/mol. The fourth-order valence-electron chi connectivity index (χ4n) is 5.26. The van der Waals surface area contributed by atoms with Crippen LogP contribution in [0.4, 0.5) is 14.5 Å². The molecule has 3 unspecified atom stereocenters. The first kappa shape index (κ1) is 23.5. The molecule has 1 fully saturated rings. The Morgan fingerprint density at radius 1 is 1.14 bits per heavy atom. The van der Waals surface area contributed by atoms with E-state index >= 15 is 0 Å². The van der Waals surface area contributed by atoms with E-state index in [1.165, 1.54) is 24.5 Å². The van der Waals surface area contributed by atoms with E-state index in [1.807, 2.05) is 6.07 Å². The van der Waals surface area contributed by atoms with E-state index < -0.39 is 23.9 Å². The third-order valence-electron chi connectivity index (χ3n) is 7.10. The molecule has 0 saturated heterocycles. The number of amides is 2. The molecule has 37 heavy (non-hydrogen) atoms. The Bertz CT molecular complexity index is 1560. The number of nitrogens with zero attached hydrogens (tertiary/aromatic N) is 3. The van der Waals surface area contributed by atoms with Crippen LogP contribution in [-0.4, -0.2) is 32.6 Å². The van der Waals surface area contributed by atoms with Crippen molar-refractivity contribution < 1.29 is 18.4 Å². The van der Waals surface area contributed by atoms with Crippen molar-refractivity contribution in [1.29, 1.82) is 0 Å². The van der Waals surface area contributed by atoms with Crippen LogP contribution in [0.15, 0.2) is 55.0 Å². The van der Waals surface area contributed by atoms with Gasteiger partial charge in [-0.15, -0.1) is 0 Å². The highest BCUT2D eigenvalue weighted by Gasteiger charge is 2.36. The van der Waals surface area contributed by atoms with Crippen molar-refractivity contribution in [3.8, 4) is 11.1 Å². The van der Waals surface area contributed by atoms with Gasteiger partial charge in [-0.2, -0.15) is 5.10 Å². The molecule has 1 aliphatic heterocycles. The zero-order valence-corrected chi connectivity index (χ0v) is 20.3. The van der Waals surface area contributed by atoms with Crippen LogP contribution in [0.3, 0.4) is 0 Å². The second-order valence-corrected chi connectivity index (χ2v) is 9.90. The topological polar surface area (TPSA) is 88.4 Å². The summed E-state index contributed by atoms with van der Waals surface area (Å²) in [6.07, 6.45) is 4.04. The molecule has 188 valence electrons. The van der Waals surface area contributed by atoms with Gasteiger partial charge in [-0.05, 0) is 73.7 Å². The molecule has 2 aromatic carbocycles. The van der Waals surface area contributed by atoms with Gasteiger partial charge in [0.2, 0.25) is 5.91 Å². The number of aromatic nitrogens is 3. The first-order valence-corrected chi connectivity index (χ1v) is 12.4. The van der Waals surface area contributed by atoms with Crippen LogP contribution in [0, 0.1) is 11.7 Å². The average Bonchev–Trinajstić information content (AvgIpc) is 3.49. The molecule has 0 bridgehead atoms. The molecule has 7 nitrogen and oxygen atoms in total. The lowest BCUT2D eigenvalue weighted by Gasteiger charge is -2.25. The summed E-state index contributed by atoms with van der Waals surface area (Å²) < 4.78 is 29.8. The maximum atomic E-state index is 14.2. The van der Waals surface area contributed by atoms with Crippen LogP contribution in [0.5, 0.6) is 0 Å². The monoisotopic (exact) mass is 521 g/mol. The number of carbonyl (C=O) groups excluding carboxylic acids is 2. The molecular weight excluding hydrogens is 500 g/mol. The molecule has 2 amide bonds. The van der Waals surface area contributed by atoms with Crippen molar-refractivity contribution in [2.24, 2.45) is 5.92 Å². The molecule has 10 heteroatoms. The van der Waals surface area contributed by atoms with E-state index in [0.29, 0.717) is 52.9 Å². The van der Waals surface area contributed by atoms with Crippen molar-refractivity contribution in [3.63, 3.8) is 0 Å². The smallest absolute Gasteiger partial charge is 0.252 e. The lowest BCUT2D eigenvalue weighted by molar-refractivity contribution is -0.121. The summed E-state index contributed by atoms with van der Waals surface area (Å²) in [6.45, 7) is 0. The van der Waals surface area contributed by atoms with Gasteiger partial charge in [0.25, 0.3) is 5.91 Å². The number of alkyl halides is 1. The number of benzene rings is 2. The second kappa shape index (κ2) is 9.23. The maximum Gasteiger partial charge on any atom is 0.252 e. The van der Waals surface area contributed by atoms with Gasteiger partial charge < -0.3 is 10.6 Å². The number of halogens is 3. The minimum atomic E-state index is -1.02. The molecule has 6 rings (SSSR count). The van der Waals surface area contributed by atoms with Crippen molar-refractivity contribution in [2.45, 2.75) is 37.9 Å². The van der Waals surface area contributed by atoms with Crippen LogP contribution in [0.2, 0.25) is 5.02 Å². The van der Waals surface area contributed by atoms with Crippen molar-refractivity contribution in [2.75, 3.05) is 5.32 Å². The maximum absolute atomic E-state index is 14.2. The molecule has 1 saturated carbocycles. The largest absolute Gasteiger partial charge is 0.341 e. The first-order valence-electron chi connectivity index (χ1n) is 12.1. The Kier molecular flexibility index (Phi) is 5.87. The summed E-state index contributed by atoms with van der Waals surface area (Å²) >= 11 is 6.40. The molecule has 3 atom stereocenters. The van der Waals surface area contributed by atoms with E-state index in [1.54, 1.807) is 28.9 Å². The van der Waals surface area contributed by atoms with Crippen molar-refractivity contribution in [1.82, 2.24) is 19.9 Å². The van der Waals surface area contributed by atoms with E-state index in [4.69, 9.17) is 11.6 Å². The summed E-state index contributed by atoms with van der Waals surface area (Å²) in [4.78, 5) is 30.6. The highest BCUT2D eigenvalue weighted by Crippen LogP contribution is 2.42. The molecule has 3 heterocycles. The van der Waals surface area contributed by atoms with Gasteiger partial charge in [0, 0.05) is 45.1 Å². The van der Waals surface area contributed by atoms with Crippen LogP contribution >= 0.6 is 11.6 Å². The second-order valence-electron chi connectivity index (χ2n) is 9.49. The number of anilines is 1. The molecular formula is C27H22ClF2N5O2. The van der Waals surface area contributed by atoms with Gasteiger partial charge in [-0.1, -0.05) is 11.6 Å². The number of rotatable bonds is 4. The minimum absolute atomic E-state index is 0.160. The predicted octanol–water partition coefficient (Wildman–Crippen LogP) is 5.49. The summed E-state index contributed by atoms with van der Waals surface area (Å²) in [5, 5.41) is 10.3. The molecule has 2 aromatic heterocycles. The number of nitrogens with one attached hydrogen (secondary N) is 2. The molecule has 0 spiro atoms.